The Bertz CT molecular complexity index is 979. The molecule has 1 N–H and O–H groups in total. The van der Waals surface area contributed by atoms with E-state index < -0.39 is 17.6 Å². The number of nitrogens with zero attached hydrogens (tertiary/aromatic N) is 1. The highest BCUT2D eigenvalue weighted by atomic mass is 35.5. The van der Waals surface area contributed by atoms with Crippen LogP contribution in [0.5, 0.6) is 11.5 Å². The van der Waals surface area contributed by atoms with Crippen LogP contribution in [0, 0.1) is 0 Å². The molecule has 0 aliphatic rings. The van der Waals surface area contributed by atoms with Crippen LogP contribution < -0.4 is 10.1 Å². The van der Waals surface area contributed by atoms with Gasteiger partial charge in [-0.05, 0) is 30.3 Å². The molecule has 1 amide bonds. The zero-order valence-electron chi connectivity index (χ0n) is 14.3. The zero-order valence-corrected chi connectivity index (χ0v) is 15.1. The molecule has 0 radical (unpaired) electrons. The lowest BCUT2D eigenvalue weighted by Gasteiger charge is -2.13. The number of hydrogen-bond acceptors (Lipinski definition) is 3. The highest BCUT2D eigenvalue weighted by Crippen LogP contribution is 2.32. The predicted octanol–water partition coefficient (Wildman–Crippen LogP) is 5.73. The van der Waals surface area contributed by atoms with Gasteiger partial charge in [-0.15, -0.1) is 0 Å². The fourth-order valence-electron chi connectivity index (χ4n) is 2.37. The molecule has 28 heavy (non-hydrogen) atoms. The number of aromatic nitrogens is 1. The summed E-state index contributed by atoms with van der Waals surface area (Å²) in [4.78, 5) is 16.0. The average Bonchev–Trinajstić information content (AvgIpc) is 2.65. The number of halogens is 4. The summed E-state index contributed by atoms with van der Waals surface area (Å²) < 4.78 is 43.8. The van der Waals surface area contributed by atoms with Crippen molar-refractivity contribution in [3.05, 3.63) is 83.1 Å². The third-order valence-electron chi connectivity index (χ3n) is 3.70. The van der Waals surface area contributed by atoms with E-state index in [0.717, 1.165) is 6.07 Å². The lowest BCUT2D eigenvalue weighted by Crippen LogP contribution is -2.16. The maximum absolute atomic E-state index is 12.7. The molecule has 4 nitrogen and oxygen atoms in total. The molecule has 0 atom stereocenters. The van der Waals surface area contributed by atoms with Gasteiger partial charge in [-0.25, -0.2) is 0 Å². The zero-order chi connectivity index (χ0) is 20.1. The van der Waals surface area contributed by atoms with E-state index >= 15 is 0 Å². The van der Waals surface area contributed by atoms with Gasteiger partial charge in [-0.2, -0.15) is 13.2 Å². The van der Waals surface area contributed by atoms with Crippen molar-refractivity contribution in [2.24, 2.45) is 0 Å². The molecule has 3 aromatic rings. The summed E-state index contributed by atoms with van der Waals surface area (Å²) >= 11 is 5.85. The maximum Gasteiger partial charge on any atom is 0.417 e. The molecular formula is C20H14ClF3N2O2. The Morgan fingerprint density at radius 1 is 1.07 bits per heavy atom. The summed E-state index contributed by atoms with van der Waals surface area (Å²) in [5, 5.41) is 2.44. The SMILES string of the molecule is O=C(Cc1ncc(C(F)(F)F)cc1Cl)Nc1ccccc1Oc1ccccc1. The van der Waals surface area contributed by atoms with Crippen molar-refractivity contribution in [2.75, 3.05) is 5.32 Å². The van der Waals surface area contributed by atoms with E-state index in [0.29, 0.717) is 23.4 Å². The Hall–Kier alpha value is -3.06. The quantitative estimate of drug-likeness (QED) is 0.589. The predicted molar refractivity (Wildman–Crippen MR) is 99.5 cm³/mol. The Balaban J connectivity index is 1.72. The summed E-state index contributed by atoms with van der Waals surface area (Å²) in [6.45, 7) is 0. The molecule has 0 unspecified atom stereocenters. The number of carbonyl (C=O) groups is 1. The van der Waals surface area contributed by atoms with Crippen LogP contribution in [-0.4, -0.2) is 10.9 Å². The van der Waals surface area contributed by atoms with E-state index in [4.69, 9.17) is 16.3 Å². The molecule has 2 aromatic carbocycles. The van der Waals surface area contributed by atoms with E-state index in [2.05, 4.69) is 10.3 Å². The largest absolute Gasteiger partial charge is 0.455 e. The lowest BCUT2D eigenvalue weighted by atomic mass is 10.2. The number of amides is 1. The molecule has 0 saturated heterocycles. The van der Waals surface area contributed by atoms with Crippen LogP contribution >= 0.6 is 11.6 Å². The minimum absolute atomic E-state index is 0.0497. The van der Waals surface area contributed by atoms with E-state index in [9.17, 15) is 18.0 Å². The molecule has 0 aliphatic heterocycles. The standard InChI is InChI=1S/C20H14ClF3N2O2/c21-15-10-13(20(22,23)24)12-25-17(15)11-19(27)26-16-8-4-5-9-18(16)28-14-6-2-1-3-7-14/h1-10,12H,11H2,(H,26,27). The molecule has 3 rings (SSSR count). The molecule has 0 bridgehead atoms. The molecule has 0 spiro atoms. The van der Waals surface area contributed by atoms with Gasteiger partial charge in [-0.1, -0.05) is 41.9 Å². The van der Waals surface area contributed by atoms with Gasteiger partial charge in [-0.3, -0.25) is 9.78 Å². The number of ether oxygens (including phenoxy) is 1. The molecule has 0 saturated carbocycles. The van der Waals surface area contributed by atoms with Gasteiger partial charge in [0.25, 0.3) is 0 Å². The number of benzene rings is 2. The van der Waals surface area contributed by atoms with Crippen LogP contribution in [0.4, 0.5) is 18.9 Å². The summed E-state index contributed by atoms with van der Waals surface area (Å²) in [7, 11) is 0. The smallest absolute Gasteiger partial charge is 0.417 e. The summed E-state index contributed by atoms with van der Waals surface area (Å²) in [6, 6.07) is 16.6. The van der Waals surface area contributed by atoms with Gasteiger partial charge in [0, 0.05) is 6.20 Å². The Morgan fingerprint density at radius 3 is 2.43 bits per heavy atom. The first-order chi connectivity index (χ1) is 13.3. The van der Waals surface area contributed by atoms with Crippen molar-refractivity contribution in [3.8, 4) is 11.5 Å². The molecule has 0 fully saturated rings. The van der Waals surface area contributed by atoms with Gasteiger partial charge in [0.1, 0.15) is 5.75 Å². The first-order valence-corrected chi connectivity index (χ1v) is 8.54. The summed E-state index contributed by atoms with van der Waals surface area (Å²) in [5.74, 6) is 0.531. The van der Waals surface area contributed by atoms with Crippen molar-refractivity contribution >= 4 is 23.2 Å². The Morgan fingerprint density at radius 2 is 1.75 bits per heavy atom. The third kappa shape index (κ3) is 5.01. The third-order valence-corrected chi connectivity index (χ3v) is 4.03. The first kappa shape index (κ1) is 19.7. The van der Waals surface area contributed by atoms with E-state index in [1.807, 2.05) is 18.2 Å². The first-order valence-electron chi connectivity index (χ1n) is 8.16. The molecule has 144 valence electrons. The number of nitrogens with one attached hydrogen (secondary N) is 1. The minimum atomic E-state index is -4.55. The molecular weight excluding hydrogens is 393 g/mol. The van der Waals surface area contributed by atoms with Crippen LogP contribution in [-0.2, 0) is 17.4 Å². The van der Waals surface area contributed by atoms with Gasteiger partial charge < -0.3 is 10.1 Å². The van der Waals surface area contributed by atoms with Crippen molar-refractivity contribution in [2.45, 2.75) is 12.6 Å². The number of alkyl halides is 3. The van der Waals surface area contributed by atoms with Crippen LogP contribution in [0.2, 0.25) is 5.02 Å². The minimum Gasteiger partial charge on any atom is -0.455 e. The fraction of sp³-hybridized carbons (Fsp3) is 0.100. The van der Waals surface area contributed by atoms with Crippen LogP contribution in [0.3, 0.4) is 0 Å². The number of rotatable bonds is 5. The van der Waals surface area contributed by atoms with Crippen molar-refractivity contribution in [3.63, 3.8) is 0 Å². The topological polar surface area (TPSA) is 51.2 Å². The molecule has 8 heteroatoms. The molecule has 0 aliphatic carbocycles. The lowest BCUT2D eigenvalue weighted by molar-refractivity contribution is -0.137. The number of pyridine rings is 1. The summed E-state index contributed by atoms with van der Waals surface area (Å²) in [6.07, 6.45) is -4.18. The number of carbonyl (C=O) groups excluding carboxylic acids is 1. The van der Waals surface area contributed by atoms with Crippen LogP contribution in [0.25, 0.3) is 0 Å². The number of para-hydroxylation sites is 3. The second kappa shape index (κ2) is 8.31. The Kier molecular flexibility index (Phi) is 5.84. The van der Waals surface area contributed by atoms with Crippen LogP contribution in [0.15, 0.2) is 66.9 Å². The van der Waals surface area contributed by atoms with Gasteiger partial charge >= 0.3 is 6.18 Å². The van der Waals surface area contributed by atoms with Crippen molar-refractivity contribution < 1.29 is 22.7 Å². The second-order valence-corrected chi connectivity index (χ2v) is 6.19. The number of hydrogen-bond donors (Lipinski definition) is 1. The number of anilines is 1. The van der Waals surface area contributed by atoms with Crippen LogP contribution in [0.1, 0.15) is 11.3 Å². The normalized spacial score (nSPS) is 11.1. The highest BCUT2D eigenvalue weighted by molar-refractivity contribution is 6.31. The van der Waals surface area contributed by atoms with E-state index in [1.165, 1.54) is 0 Å². The second-order valence-electron chi connectivity index (χ2n) is 5.79. The fourth-order valence-corrected chi connectivity index (χ4v) is 2.61. The van der Waals surface area contributed by atoms with Crippen molar-refractivity contribution in [1.82, 2.24) is 4.98 Å². The van der Waals surface area contributed by atoms with E-state index in [-0.39, 0.29) is 17.1 Å². The van der Waals surface area contributed by atoms with Gasteiger partial charge in [0.2, 0.25) is 5.91 Å². The van der Waals surface area contributed by atoms with Gasteiger partial charge in [0.15, 0.2) is 5.75 Å². The average molecular weight is 407 g/mol. The maximum atomic E-state index is 12.7. The van der Waals surface area contributed by atoms with Crippen molar-refractivity contribution in [1.29, 1.82) is 0 Å². The Labute approximate surface area is 163 Å². The monoisotopic (exact) mass is 406 g/mol. The summed E-state index contributed by atoms with van der Waals surface area (Å²) in [5.41, 5.74) is -0.503. The molecule has 1 heterocycles. The highest BCUT2D eigenvalue weighted by Gasteiger charge is 2.31. The molecule has 1 aromatic heterocycles. The van der Waals surface area contributed by atoms with Gasteiger partial charge in [0.05, 0.1) is 28.4 Å². The van der Waals surface area contributed by atoms with E-state index in [1.54, 1.807) is 36.4 Å².